The van der Waals surface area contributed by atoms with Gasteiger partial charge in [0.1, 0.15) is 6.10 Å². The van der Waals surface area contributed by atoms with Crippen LogP contribution < -0.4 is 0 Å². The van der Waals surface area contributed by atoms with Crippen LogP contribution in [0.25, 0.3) is 0 Å². The molecule has 0 spiro atoms. The SMILES string of the molecule is Cc1cc(C(O)c2[nH]c(C)c(C)c2C)sc1C. The third kappa shape index (κ3) is 2.05. The van der Waals surface area contributed by atoms with Crippen molar-refractivity contribution in [1.82, 2.24) is 4.98 Å². The Morgan fingerprint density at radius 1 is 1.12 bits per heavy atom. The number of aromatic nitrogens is 1. The first-order chi connectivity index (χ1) is 7.91. The van der Waals surface area contributed by atoms with Gasteiger partial charge in [0.25, 0.3) is 0 Å². The van der Waals surface area contributed by atoms with Crippen LogP contribution in [0.4, 0.5) is 0 Å². The van der Waals surface area contributed by atoms with Crippen molar-refractivity contribution in [1.29, 1.82) is 0 Å². The maximum absolute atomic E-state index is 10.4. The lowest BCUT2D eigenvalue weighted by atomic mass is 10.1. The van der Waals surface area contributed by atoms with Gasteiger partial charge in [-0.1, -0.05) is 0 Å². The minimum atomic E-state index is -0.528. The number of rotatable bonds is 2. The van der Waals surface area contributed by atoms with Crippen molar-refractivity contribution in [2.75, 3.05) is 0 Å². The smallest absolute Gasteiger partial charge is 0.128 e. The quantitative estimate of drug-likeness (QED) is 0.836. The van der Waals surface area contributed by atoms with Gasteiger partial charge in [-0.25, -0.2) is 0 Å². The van der Waals surface area contributed by atoms with Crippen LogP contribution in [0.2, 0.25) is 0 Å². The van der Waals surface area contributed by atoms with E-state index in [1.54, 1.807) is 11.3 Å². The van der Waals surface area contributed by atoms with E-state index in [-0.39, 0.29) is 0 Å². The van der Waals surface area contributed by atoms with E-state index in [9.17, 15) is 5.11 Å². The molecule has 2 rings (SSSR count). The molecule has 0 aliphatic heterocycles. The summed E-state index contributed by atoms with van der Waals surface area (Å²) < 4.78 is 0. The minimum absolute atomic E-state index is 0.528. The van der Waals surface area contributed by atoms with Gasteiger partial charge >= 0.3 is 0 Å². The Kier molecular flexibility index (Phi) is 3.15. The molecule has 0 saturated carbocycles. The number of hydrogen-bond acceptors (Lipinski definition) is 2. The zero-order valence-electron chi connectivity index (χ0n) is 11.0. The highest BCUT2D eigenvalue weighted by atomic mass is 32.1. The summed E-state index contributed by atoms with van der Waals surface area (Å²) in [7, 11) is 0. The maximum Gasteiger partial charge on any atom is 0.128 e. The second-order valence-electron chi connectivity index (χ2n) is 4.70. The Labute approximate surface area is 106 Å². The minimum Gasteiger partial charge on any atom is -0.381 e. The van der Waals surface area contributed by atoms with Crippen LogP contribution in [-0.2, 0) is 0 Å². The number of aliphatic hydroxyl groups excluding tert-OH is 1. The molecule has 1 atom stereocenters. The van der Waals surface area contributed by atoms with Crippen molar-refractivity contribution in [2.45, 2.75) is 40.7 Å². The van der Waals surface area contributed by atoms with Gasteiger partial charge < -0.3 is 10.1 Å². The largest absolute Gasteiger partial charge is 0.381 e. The summed E-state index contributed by atoms with van der Waals surface area (Å²) in [6.45, 7) is 10.4. The number of nitrogens with one attached hydrogen (secondary N) is 1. The lowest BCUT2D eigenvalue weighted by Gasteiger charge is -2.08. The highest BCUT2D eigenvalue weighted by Crippen LogP contribution is 2.33. The topological polar surface area (TPSA) is 36.0 Å². The van der Waals surface area contributed by atoms with E-state index < -0.39 is 6.10 Å². The molecule has 0 fully saturated rings. The number of aliphatic hydroxyl groups is 1. The fourth-order valence-corrected chi connectivity index (χ4v) is 3.06. The molecule has 2 N–H and O–H groups in total. The maximum atomic E-state index is 10.4. The van der Waals surface area contributed by atoms with Gasteiger partial charge in [0, 0.05) is 15.4 Å². The number of aromatic amines is 1. The van der Waals surface area contributed by atoms with Gasteiger partial charge in [-0.3, -0.25) is 0 Å². The van der Waals surface area contributed by atoms with E-state index in [0.717, 1.165) is 16.3 Å². The molecule has 0 aliphatic carbocycles. The molecule has 0 bridgehead atoms. The number of aryl methyl sites for hydroxylation is 3. The molecule has 3 heteroatoms. The molecule has 17 heavy (non-hydrogen) atoms. The number of thiophene rings is 1. The van der Waals surface area contributed by atoms with Gasteiger partial charge in [-0.05, 0) is 57.4 Å². The van der Waals surface area contributed by atoms with Crippen molar-refractivity contribution < 1.29 is 5.11 Å². The monoisotopic (exact) mass is 249 g/mol. The summed E-state index contributed by atoms with van der Waals surface area (Å²) in [5.74, 6) is 0. The molecular formula is C14H19NOS. The fourth-order valence-electron chi connectivity index (χ4n) is 2.02. The zero-order valence-corrected chi connectivity index (χ0v) is 11.8. The van der Waals surface area contributed by atoms with Crippen LogP contribution in [0.3, 0.4) is 0 Å². The molecule has 2 aromatic rings. The van der Waals surface area contributed by atoms with Crippen LogP contribution in [0, 0.1) is 34.6 Å². The van der Waals surface area contributed by atoms with Crippen LogP contribution in [0.5, 0.6) is 0 Å². The summed E-state index contributed by atoms with van der Waals surface area (Å²) >= 11 is 1.67. The fraction of sp³-hybridized carbons (Fsp3) is 0.429. The van der Waals surface area contributed by atoms with Crippen LogP contribution in [-0.4, -0.2) is 10.1 Å². The predicted octanol–water partition coefficient (Wildman–Crippen LogP) is 3.70. The first-order valence-corrected chi connectivity index (χ1v) is 6.64. The van der Waals surface area contributed by atoms with E-state index in [0.29, 0.717) is 0 Å². The molecular weight excluding hydrogens is 230 g/mol. The molecule has 0 amide bonds. The Balaban J connectivity index is 2.43. The van der Waals surface area contributed by atoms with Crippen LogP contribution in [0.1, 0.15) is 43.9 Å². The average molecular weight is 249 g/mol. The normalized spacial score (nSPS) is 13.1. The lowest BCUT2D eigenvalue weighted by molar-refractivity contribution is 0.219. The highest BCUT2D eigenvalue weighted by molar-refractivity contribution is 7.12. The molecule has 2 nitrogen and oxygen atoms in total. The molecule has 0 radical (unpaired) electrons. The first-order valence-electron chi connectivity index (χ1n) is 5.82. The standard InChI is InChI=1S/C14H19NOS/c1-7-6-12(17-11(7)5)14(16)13-9(3)8(2)10(4)15-13/h6,14-16H,1-5H3. The van der Waals surface area contributed by atoms with Crippen molar-refractivity contribution >= 4 is 11.3 Å². The third-order valence-electron chi connectivity index (χ3n) is 3.58. The molecule has 1 unspecified atom stereocenters. The Morgan fingerprint density at radius 3 is 2.18 bits per heavy atom. The molecule has 0 saturated heterocycles. The van der Waals surface area contributed by atoms with Gasteiger partial charge in [-0.2, -0.15) is 0 Å². The molecule has 0 aromatic carbocycles. The Hall–Kier alpha value is -1.06. The summed E-state index contributed by atoms with van der Waals surface area (Å²) in [5, 5.41) is 10.4. The highest BCUT2D eigenvalue weighted by Gasteiger charge is 2.19. The molecule has 0 aliphatic rings. The Bertz CT molecular complexity index is 531. The summed E-state index contributed by atoms with van der Waals surface area (Å²) in [5.41, 5.74) is 5.73. The summed E-state index contributed by atoms with van der Waals surface area (Å²) in [6, 6.07) is 2.08. The predicted molar refractivity (Wildman–Crippen MR) is 72.9 cm³/mol. The van der Waals surface area contributed by atoms with Gasteiger partial charge in [0.05, 0.1) is 5.69 Å². The van der Waals surface area contributed by atoms with Crippen molar-refractivity contribution in [2.24, 2.45) is 0 Å². The van der Waals surface area contributed by atoms with E-state index in [1.165, 1.54) is 21.6 Å². The summed E-state index contributed by atoms with van der Waals surface area (Å²) in [6.07, 6.45) is -0.528. The van der Waals surface area contributed by atoms with Gasteiger partial charge in [0.2, 0.25) is 0 Å². The van der Waals surface area contributed by atoms with E-state index in [2.05, 4.69) is 38.7 Å². The second-order valence-corrected chi connectivity index (χ2v) is 5.99. The molecule has 2 heterocycles. The summed E-state index contributed by atoms with van der Waals surface area (Å²) in [4.78, 5) is 5.59. The first kappa shape index (κ1) is 12.4. The van der Waals surface area contributed by atoms with Crippen LogP contribution >= 0.6 is 11.3 Å². The van der Waals surface area contributed by atoms with E-state index in [4.69, 9.17) is 0 Å². The molecule has 92 valence electrons. The zero-order chi connectivity index (χ0) is 12.7. The second kappa shape index (κ2) is 4.31. The van der Waals surface area contributed by atoms with E-state index in [1.807, 2.05) is 6.92 Å². The number of H-pyrrole nitrogens is 1. The lowest BCUT2D eigenvalue weighted by Crippen LogP contribution is -1.99. The van der Waals surface area contributed by atoms with Gasteiger partial charge in [-0.15, -0.1) is 11.3 Å². The third-order valence-corrected chi connectivity index (χ3v) is 4.78. The number of hydrogen-bond donors (Lipinski definition) is 2. The van der Waals surface area contributed by atoms with Gasteiger partial charge in [0.15, 0.2) is 0 Å². The Morgan fingerprint density at radius 2 is 1.76 bits per heavy atom. The average Bonchev–Trinajstić information content (AvgIpc) is 2.74. The van der Waals surface area contributed by atoms with Crippen molar-refractivity contribution in [3.8, 4) is 0 Å². The van der Waals surface area contributed by atoms with Crippen molar-refractivity contribution in [3.63, 3.8) is 0 Å². The van der Waals surface area contributed by atoms with Crippen LogP contribution in [0.15, 0.2) is 6.07 Å². The molecule has 2 aromatic heterocycles. The van der Waals surface area contributed by atoms with E-state index >= 15 is 0 Å². The van der Waals surface area contributed by atoms with Crippen molar-refractivity contribution in [3.05, 3.63) is 43.9 Å².